The molecule has 0 bridgehead atoms. The third-order valence-electron chi connectivity index (χ3n) is 3.56. The van der Waals surface area contributed by atoms with E-state index in [1.807, 2.05) is 0 Å². The van der Waals surface area contributed by atoms with Crippen LogP contribution in [0.2, 0.25) is 0 Å². The molecule has 0 saturated carbocycles. The first-order valence-corrected chi connectivity index (χ1v) is 7.14. The molecule has 0 saturated heterocycles. The number of rotatable bonds is 0. The highest BCUT2D eigenvalue weighted by Crippen LogP contribution is 2.27. The van der Waals surface area contributed by atoms with Crippen molar-refractivity contribution in [3.8, 4) is 0 Å². The average molecular weight is 255 g/mol. The molecular weight excluding hydrogens is 234 g/mol. The minimum absolute atomic E-state index is 0.116. The molecule has 1 aliphatic carbocycles. The fraction of sp³-hybridized carbons (Fsp3) is 0.471. The van der Waals surface area contributed by atoms with E-state index in [1.165, 1.54) is 23.8 Å². The van der Waals surface area contributed by atoms with Crippen molar-refractivity contribution in [2.24, 2.45) is 4.99 Å². The third kappa shape index (κ3) is 2.44. The number of aryl methyl sites for hydroxylation is 2. The molecule has 19 heavy (non-hydrogen) atoms. The number of hydrogen-bond acceptors (Lipinski definition) is 2. The summed E-state index contributed by atoms with van der Waals surface area (Å²) in [6.07, 6.45) is 4.67. The van der Waals surface area contributed by atoms with Crippen LogP contribution in [0.3, 0.4) is 0 Å². The standard InChI is InChI=1S/C17H21NO/c1-17(2,3)18-16-14-10-5-4-8-12(14)13-9-6-7-11-15(13)19-16/h4-5,8,10H,6-7,9,11H2,1-3H3. The zero-order chi connectivity index (χ0) is 13.5. The number of fused-ring (bicyclic) bond motifs is 3. The maximum absolute atomic E-state index is 6.12. The molecule has 0 N–H and O–H groups in total. The molecule has 0 amide bonds. The van der Waals surface area contributed by atoms with Gasteiger partial charge in [0.25, 0.3) is 0 Å². The molecule has 0 radical (unpaired) electrons. The quantitative estimate of drug-likeness (QED) is 0.698. The molecule has 1 heterocycles. The first-order valence-electron chi connectivity index (χ1n) is 7.14. The van der Waals surface area contributed by atoms with Crippen LogP contribution >= 0.6 is 0 Å². The molecule has 1 aromatic heterocycles. The van der Waals surface area contributed by atoms with Crippen molar-refractivity contribution >= 4 is 10.8 Å². The van der Waals surface area contributed by atoms with E-state index in [0.717, 1.165) is 29.5 Å². The van der Waals surface area contributed by atoms with Crippen LogP contribution in [0.4, 0.5) is 0 Å². The van der Waals surface area contributed by atoms with Crippen molar-refractivity contribution in [2.45, 2.75) is 52.0 Å². The second-order valence-electron chi connectivity index (χ2n) is 6.34. The zero-order valence-corrected chi connectivity index (χ0v) is 12.0. The molecule has 100 valence electrons. The van der Waals surface area contributed by atoms with Gasteiger partial charge in [0.1, 0.15) is 5.76 Å². The summed E-state index contributed by atoms with van der Waals surface area (Å²) in [6, 6.07) is 8.50. The predicted molar refractivity (Wildman–Crippen MR) is 78.2 cm³/mol. The smallest absolute Gasteiger partial charge is 0.222 e. The van der Waals surface area contributed by atoms with Crippen molar-refractivity contribution in [3.63, 3.8) is 0 Å². The van der Waals surface area contributed by atoms with Crippen LogP contribution in [0.5, 0.6) is 0 Å². The fourth-order valence-corrected chi connectivity index (χ4v) is 2.77. The fourth-order valence-electron chi connectivity index (χ4n) is 2.77. The summed E-state index contributed by atoms with van der Waals surface area (Å²) in [5, 5.41) is 2.48. The Bertz CT molecular complexity index is 674. The Kier molecular flexibility index (Phi) is 2.96. The minimum Gasteiger partial charge on any atom is -0.443 e. The monoisotopic (exact) mass is 255 g/mol. The Morgan fingerprint density at radius 3 is 2.42 bits per heavy atom. The summed E-state index contributed by atoms with van der Waals surface area (Å²) < 4.78 is 6.12. The van der Waals surface area contributed by atoms with Crippen LogP contribution in [-0.4, -0.2) is 5.54 Å². The molecule has 0 fully saturated rings. The van der Waals surface area contributed by atoms with Gasteiger partial charge >= 0.3 is 0 Å². The van der Waals surface area contributed by atoms with Crippen LogP contribution in [0, 0.1) is 0 Å². The lowest BCUT2D eigenvalue weighted by Crippen LogP contribution is -2.19. The average Bonchev–Trinajstić information content (AvgIpc) is 2.37. The van der Waals surface area contributed by atoms with Gasteiger partial charge in [0, 0.05) is 11.8 Å². The number of benzene rings is 1. The first kappa shape index (κ1) is 12.5. The Morgan fingerprint density at radius 1 is 1.00 bits per heavy atom. The normalized spacial score (nSPS) is 16.7. The highest BCUT2D eigenvalue weighted by Gasteiger charge is 2.17. The van der Waals surface area contributed by atoms with Gasteiger partial charge in [0.15, 0.2) is 0 Å². The zero-order valence-electron chi connectivity index (χ0n) is 12.0. The van der Waals surface area contributed by atoms with Gasteiger partial charge in [-0.2, -0.15) is 0 Å². The Hall–Kier alpha value is -1.57. The lowest BCUT2D eigenvalue weighted by Gasteiger charge is -2.18. The largest absolute Gasteiger partial charge is 0.443 e. The van der Waals surface area contributed by atoms with Gasteiger partial charge in [-0.3, -0.25) is 0 Å². The second kappa shape index (κ2) is 4.52. The summed E-state index contributed by atoms with van der Waals surface area (Å²) in [4.78, 5) is 4.76. The van der Waals surface area contributed by atoms with Gasteiger partial charge in [-0.15, -0.1) is 0 Å². The van der Waals surface area contributed by atoms with E-state index < -0.39 is 0 Å². The van der Waals surface area contributed by atoms with Crippen molar-refractivity contribution in [2.75, 3.05) is 0 Å². The molecule has 0 spiro atoms. The van der Waals surface area contributed by atoms with Crippen LogP contribution in [0.15, 0.2) is 33.7 Å². The summed E-state index contributed by atoms with van der Waals surface area (Å²) >= 11 is 0. The molecule has 2 nitrogen and oxygen atoms in total. The maximum Gasteiger partial charge on any atom is 0.222 e. The third-order valence-corrected chi connectivity index (χ3v) is 3.56. The van der Waals surface area contributed by atoms with Crippen molar-refractivity contribution in [3.05, 3.63) is 41.1 Å². The second-order valence-corrected chi connectivity index (χ2v) is 6.34. The van der Waals surface area contributed by atoms with Crippen molar-refractivity contribution in [1.82, 2.24) is 0 Å². The molecule has 2 heteroatoms. The molecule has 2 aromatic rings. The lowest BCUT2D eigenvalue weighted by molar-refractivity contribution is 0.404. The van der Waals surface area contributed by atoms with Gasteiger partial charge in [0.2, 0.25) is 5.55 Å². The molecule has 1 aliphatic rings. The Morgan fingerprint density at radius 2 is 1.68 bits per heavy atom. The summed E-state index contributed by atoms with van der Waals surface area (Å²) in [5.41, 5.74) is 2.08. The van der Waals surface area contributed by atoms with Gasteiger partial charge < -0.3 is 4.42 Å². The maximum atomic E-state index is 6.12. The summed E-state index contributed by atoms with van der Waals surface area (Å²) in [7, 11) is 0. The summed E-state index contributed by atoms with van der Waals surface area (Å²) in [5.74, 6) is 1.15. The van der Waals surface area contributed by atoms with Gasteiger partial charge in [-0.25, -0.2) is 4.99 Å². The molecule has 3 rings (SSSR count). The van der Waals surface area contributed by atoms with E-state index in [4.69, 9.17) is 9.41 Å². The molecule has 0 unspecified atom stereocenters. The highest BCUT2D eigenvalue weighted by molar-refractivity contribution is 5.84. The summed E-state index contributed by atoms with van der Waals surface area (Å²) in [6.45, 7) is 6.32. The molecule has 0 atom stereocenters. The topological polar surface area (TPSA) is 25.5 Å². The molecule has 1 aromatic carbocycles. The van der Waals surface area contributed by atoms with Crippen LogP contribution in [0.25, 0.3) is 10.8 Å². The van der Waals surface area contributed by atoms with Gasteiger partial charge in [-0.1, -0.05) is 18.2 Å². The predicted octanol–water partition coefficient (Wildman–Crippen LogP) is 4.01. The highest BCUT2D eigenvalue weighted by atomic mass is 16.3. The minimum atomic E-state index is -0.116. The van der Waals surface area contributed by atoms with Crippen LogP contribution < -0.4 is 5.55 Å². The van der Waals surface area contributed by atoms with E-state index in [0.29, 0.717) is 0 Å². The lowest BCUT2D eigenvalue weighted by atomic mass is 9.93. The first-order chi connectivity index (χ1) is 9.04. The van der Waals surface area contributed by atoms with Gasteiger partial charge in [-0.05, 0) is 57.0 Å². The van der Waals surface area contributed by atoms with Gasteiger partial charge in [0.05, 0.1) is 5.54 Å². The van der Waals surface area contributed by atoms with Crippen LogP contribution in [0.1, 0.15) is 44.9 Å². The van der Waals surface area contributed by atoms with Crippen molar-refractivity contribution in [1.29, 1.82) is 0 Å². The van der Waals surface area contributed by atoms with Crippen LogP contribution in [-0.2, 0) is 12.8 Å². The van der Waals surface area contributed by atoms with E-state index >= 15 is 0 Å². The Balaban J connectivity index is 2.37. The SMILES string of the molecule is CC(C)(C)N=c1oc2c(c3ccccc13)CCCC2. The molecule has 0 aliphatic heterocycles. The van der Waals surface area contributed by atoms with E-state index in [9.17, 15) is 0 Å². The van der Waals surface area contributed by atoms with E-state index in [2.05, 4.69) is 45.0 Å². The van der Waals surface area contributed by atoms with E-state index in [1.54, 1.807) is 0 Å². The number of hydrogen-bond donors (Lipinski definition) is 0. The number of nitrogens with zero attached hydrogens (tertiary/aromatic N) is 1. The van der Waals surface area contributed by atoms with E-state index in [-0.39, 0.29) is 5.54 Å². The van der Waals surface area contributed by atoms with Crippen molar-refractivity contribution < 1.29 is 4.42 Å². The Labute approximate surface area is 114 Å². The molecular formula is C17H21NO.